The van der Waals surface area contributed by atoms with E-state index in [1.165, 1.54) is 4.57 Å². The molecule has 1 saturated heterocycles. The van der Waals surface area contributed by atoms with Crippen molar-refractivity contribution in [1.29, 1.82) is 0 Å². The number of thioether (sulfide) groups is 1. The van der Waals surface area contributed by atoms with Gasteiger partial charge >= 0.3 is 12.1 Å². The Labute approximate surface area is 197 Å². The standard InChI is InChI=1S/C24H32BrNO4S/c1-7-29-22(27)18-12-16(25)11-17-19(15-8-9-31-20(10-15)14(2)3)13-26(21(17)18)23(28)30-24(4,5)6/h11-15,20H,7-10H2,1-6H3. The fourth-order valence-electron chi connectivity index (χ4n) is 4.07. The predicted molar refractivity (Wildman–Crippen MR) is 130 cm³/mol. The van der Waals surface area contributed by atoms with E-state index in [1.54, 1.807) is 13.0 Å². The Morgan fingerprint density at radius 3 is 2.61 bits per heavy atom. The number of hydrogen-bond donors (Lipinski definition) is 0. The van der Waals surface area contributed by atoms with Crippen molar-refractivity contribution >= 4 is 50.7 Å². The van der Waals surface area contributed by atoms with Crippen LogP contribution in [0.5, 0.6) is 0 Å². The molecule has 2 aromatic rings. The van der Waals surface area contributed by atoms with Gasteiger partial charge in [-0.15, -0.1) is 0 Å². The Morgan fingerprint density at radius 1 is 1.29 bits per heavy atom. The van der Waals surface area contributed by atoms with Crippen molar-refractivity contribution in [1.82, 2.24) is 4.57 Å². The molecule has 3 rings (SSSR count). The molecule has 0 saturated carbocycles. The number of halogens is 1. The molecule has 7 heteroatoms. The highest BCUT2D eigenvalue weighted by Crippen LogP contribution is 2.43. The molecular weight excluding hydrogens is 478 g/mol. The summed E-state index contributed by atoms with van der Waals surface area (Å²) in [7, 11) is 0. The van der Waals surface area contributed by atoms with Crippen molar-refractivity contribution in [2.75, 3.05) is 12.4 Å². The maximum atomic E-state index is 13.1. The van der Waals surface area contributed by atoms with E-state index in [2.05, 4.69) is 29.8 Å². The average molecular weight is 510 g/mol. The number of rotatable bonds is 4. The van der Waals surface area contributed by atoms with Gasteiger partial charge in [0.05, 0.1) is 17.7 Å². The molecule has 0 amide bonds. The first-order valence-electron chi connectivity index (χ1n) is 10.9. The topological polar surface area (TPSA) is 57.5 Å². The molecule has 31 heavy (non-hydrogen) atoms. The summed E-state index contributed by atoms with van der Waals surface area (Å²) < 4.78 is 13.3. The molecule has 0 radical (unpaired) electrons. The molecule has 2 atom stereocenters. The normalized spacial score (nSPS) is 19.6. The molecule has 1 aliphatic rings. The number of fused-ring (bicyclic) bond motifs is 1. The van der Waals surface area contributed by atoms with Crippen LogP contribution in [0.15, 0.2) is 22.8 Å². The molecule has 170 valence electrons. The molecule has 1 aromatic heterocycles. The second-order valence-corrected chi connectivity index (χ2v) is 11.6. The highest BCUT2D eigenvalue weighted by molar-refractivity contribution is 9.10. The van der Waals surface area contributed by atoms with Crippen molar-refractivity contribution in [3.8, 4) is 0 Å². The van der Waals surface area contributed by atoms with Gasteiger partial charge in [-0.2, -0.15) is 11.8 Å². The van der Waals surface area contributed by atoms with Crippen molar-refractivity contribution in [2.45, 2.75) is 71.2 Å². The molecule has 1 aromatic carbocycles. The zero-order valence-electron chi connectivity index (χ0n) is 19.2. The van der Waals surface area contributed by atoms with Crippen molar-refractivity contribution < 1.29 is 19.1 Å². The van der Waals surface area contributed by atoms with E-state index in [1.807, 2.05) is 44.8 Å². The van der Waals surface area contributed by atoms with Gasteiger partial charge in [-0.05, 0) is 75.8 Å². The van der Waals surface area contributed by atoms with E-state index < -0.39 is 17.7 Å². The fraction of sp³-hybridized carbons (Fsp3) is 0.583. The molecule has 0 N–H and O–H groups in total. The summed E-state index contributed by atoms with van der Waals surface area (Å²) in [4.78, 5) is 25.9. The van der Waals surface area contributed by atoms with Crippen LogP contribution in [0.25, 0.3) is 10.9 Å². The number of hydrogen-bond acceptors (Lipinski definition) is 5. The maximum absolute atomic E-state index is 13.1. The molecule has 5 nitrogen and oxygen atoms in total. The average Bonchev–Trinajstić information content (AvgIpc) is 3.05. The fourth-order valence-corrected chi connectivity index (χ4v) is 6.01. The van der Waals surface area contributed by atoms with E-state index in [4.69, 9.17) is 9.47 Å². The van der Waals surface area contributed by atoms with E-state index in [-0.39, 0.29) is 6.61 Å². The summed E-state index contributed by atoms with van der Waals surface area (Å²) >= 11 is 5.59. The lowest BCUT2D eigenvalue weighted by molar-refractivity contribution is 0.0527. The minimum Gasteiger partial charge on any atom is -0.462 e. The summed E-state index contributed by atoms with van der Waals surface area (Å²) in [6, 6.07) is 3.72. The lowest BCUT2D eigenvalue weighted by Crippen LogP contribution is -2.27. The third kappa shape index (κ3) is 5.48. The maximum Gasteiger partial charge on any atom is 0.419 e. The van der Waals surface area contributed by atoms with Gasteiger partial charge in [0.1, 0.15) is 5.60 Å². The number of nitrogens with zero attached hydrogens (tertiary/aromatic N) is 1. The second kappa shape index (κ2) is 9.57. The van der Waals surface area contributed by atoms with Crippen LogP contribution in [-0.4, -0.2) is 39.8 Å². The quantitative estimate of drug-likeness (QED) is 0.415. The lowest BCUT2D eigenvalue weighted by atomic mass is 9.88. The van der Waals surface area contributed by atoms with Crippen LogP contribution in [0.1, 0.15) is 76.2 Å². The first-order chi connectivity index (χ1) is 14.5. The van der Waals surface area contributed by atoms with E-state index >= 15 is 0 Å². The Balaban J connectivity index is 2.19. The van der Waals surface area contributed by atoms with Crippen LogP contribution < -0.4 is 0 Å². The van der Waals surface area contributed by atoms with Crippen molar-refractivity contribution in [2.24, 2.45) is 5.92 Å². The molecule has 0 bridgehead atoms. The van der Waals surface area contributed by atoms with Crippen LogP contribution in [0, 0.1) is 5.92 Å². The Hall–Kier alpha value is -1.47. The zero-order chi connectivity index (χ0) is 22.9. The smallest absolute Gasteiger partial charge is 0.419 e. The molecule has 2 unspecified atom stereocenters. The Morgan fingerprint density at radius 2 is 2.00 bits per heavy atom. The summed E-state index contributed by atoms with van der Waals surface area (Å²) in [6.07, 6.45) is 3.49. The van der Waals surface area contributed by atoms with Gasteiger partial charge in [-0.3, -0.25) is 4.57 Å². The van der Waals surface area contributed by atoms with Gasteiger partial charge in [0, 0.05) is 21.3 Å². The largest absolute Gasteiger partial charge is 0.462 e. The van der Waals surface area contributed by atoms with E-state index in [0.29, 0.717) is 28.2 Å². The van der Waals surface area contributed by atoms with Gasteiger partial charge < -0.3 is 9.47 Å². The number of benzene rings is 1. The summed E-state index contributed by atoms with van der Waals surface area (Å²) in [6.45, 7) is 12.1. The van der Waals surface area contributed by atoms with Gasteiger partial charge in [0.25, 0.3) is 0 Å². The molecule has 1 fully saturated rings. The summed E-state index contributed by atoms with van der Waals surface area (Å²) in [5.74, 6) is 1.56. The SMILES string of the molecule is CCOC(=O)c1cc(Br)cc2c(C3CCSC(C(C)C)C3)cn(C(=O)OC(C)(C)C)c12. The highest BCUT2D eigenvalue weighted by atomic mass is 79.9. The zero-order valence-corrected chi connectivity index (χ0v) is 21.6. The summed E-state index contributed by atoms with van der Waals surface area (Å²) in [5.41, 5.74) is 1.38. The molecule has 0 aliphatic carbocycles. The van der Waals surface area contributed by atoms with E-state index in [0.717, 1.165) is 34.0 Å². The van der Waals surface area contributed by atoms with Crippen LogP contribution >= 0.6 is 27.7 Å². The third-order valence-electron chi connectivity index (χ3n) is 5.48. The first kappa shape index (κ1) is 24.2. The minimum absolute atomic E-state index is 0.267. The number of carbonyl (C=O) groups is 2. The predicted octanol–water partition coefficient (Wildman–Crippen LogP) is 7.00. The third-order valence-corrected chi connectivity index (χ3v) is 7.57. The number of aromatic nitrogens is 1. The van der Waals surface area contributed by atoms with Gasteiger partial charge in [-0.25, -0.2) is 9.59 Å². The molecular formula is C24H32BrNO4S. The second-order valence-electron chi connectivity index (χ2n) is 9.38. The van der Waals surface area contributed by atoms with Crippen LogP contribution in [0.3, 0.4) is 0 Å². The highest BCUT2D eigenvalue weighted by Gasteiger charge is 2.31. The van der Waals surface area contributed by atoms with E-state index in [9.17, 15) is 9.59 Å². The lowest BCUT2D eigenvalue weighted by Gasteiger charge is -2.31. The van der Waals surface area contributed by atoms with Gasteiger partial charge in [-0.1, -0.05) is 29.8 Å². The van der Waals surface area contributed by atoms with Gasteiger partial charge in [0.2, 0.25) is 0 Å². The molecule has 1 aliphatic heterocycles. The van der Waals surface area contributed by atoms with Crippen molar-refractivity contribution in [3.05, 3.63) is 33.9 Å². The monoisotopic (exact) mass is 509 g/mol. The van der Waals surface area contributed by atoms with Gasteiger partial charge in [0.15, 0.2) is 0 Å². The Kier molecular flexibility index (Phi) is 7.47. The number of carbonyl (C=O) groups excluding carboxylic acids is 2. The molecule has 0 spiro atoms. The molecule has 2 heterocycles. The van der Waals surface area contributed by atoms with Crippen molar-refractivity contribution in [3.63, 3.8) is 0 Å². The van der Waals surface area contributed by atoms with Crippen LogP contribution in [-0.2, 0) is 9.47 Å². The van der Waals surface area contributed by atoms with Crippen LogP contribution in [0.4, 0.5) is 4.79 Å². The van der Waals surface area contributed by atoms with Crippen LogP contribution in [0.2, 0.25) is 0 Å². The minimum atomic E-state index is -0.641. The summed E-state index contributed by atoms with van der Waals surface area (Å²) in [5, 5.41) is 1.48. The Bertz CT molecular complexity index is 976. The number of ether oxygens (including phenoxy) is 2. The first-order valence-corrected chi connectivity index (χ1v) is 12.7. The number of esters is 1.